The van der Waals surface area contributed by atoms with Crippen LogP contribution >= 0.6 is 22.9 Å². The Morgan fingerprint density at radius 2 is 1.91 bits per heavy atom. The highest BCUT2D eigenvalue weighted by Gasteiger charge is 2.27. The minimum absolute atomic E-state index is 0.171. The van der Waals surface area contributed by atoms with E-state index in [4.69, 9.17) is 16.3 Å². The number of ether oxygens (including phenoxy) is 1. The number of benzene rings is 2. The van der Waals surface area contributed by atoms with E-state index < -0.39 is 10.0 Å². The van der Waals surface area contributed by atoms with E-state index in [2.05, 4.69) is 27.1 Å². The maximum Gasteiger partial charge on any atom is 0.243 e. The molecule has 0 atom stereocenters. The van der Waals surface area contributed by atoms with E-state index in [0.717, 1.165) is 24.8 Å². The minimum atomic E-state index is -3.62. The number of nitrogens with one attached hydrogen (secondary N) is 1. The molecular formula is C24H26ClN5O3S2. The number of sulfonamides is 1. The topological polar surface area (TPSA) is 96.2 Å². The van der Waals surface area contributed by atoms with Crippen LogP contribution in [0.2, 0.25) is 5.02 Å². The van der Waals surface area contributed by atoms with Crippen LogP contribution in [0.25, 0.3) is 11.3 Å². The molecule has 3 aromatic rings. The molecule has 0 radical (unpaired) electrons. The van der Waals surface area contributed by atoms with Gasteiger partial charge in [0.05, 0.1) is 12.0 Å². The third-order valence-corrected chi connectivity index (χ3v) is 8.52. The van der Waals surface area contributed by atoms with Crippen LogP contribution in [0.4, 0.5) is 15.8 Å². The summed E-state index contributed by atoms with van der Waals surface area (Å²) >= 11 is 7.38. The number of hydrogen-bond donors (Lipinski definition) is 1. The van der Waals surface area contributed by atoms with Crippen LogP contribution in [0.5, 0.6) is 5.75 Å². The van der Waals surface area contributed by atoms with Crippen LogP contribution in [0.1, 0.15) is 19.3 Å². The number of aromatic nitrogens is 1. The Labute approximate surface area is 214 Å². The zero-order chi connectivity index (χ0) is 24.8. The van der Waals surface area contributed by atoms with Crippen molar-refractivity contribution >= 4 is 48.8 Å². The van der Waals surface area contributed by atoms with Gasteiger partial charge in [0.15, 0.2) is 10.1 Å². The van der Waals surface area contributed by atoms with E-state index in [0.29, 0.717) is 51.9 Å². The lowest BCUT2D eigenvalue weighted by molar-refractivity contribution is 0.346. The van der Waals surface area contributed by atoms with Crippen molar-refractivity contribution in [1.29, 1.82) is 0 Å². The lowest BCUT2D eigenvalue weighted by atomic mass is 10.2. The summed E-state index contributed by atoms with van der Waals surface area (Å²) < 4.78 is 33.3. The number of azo groups is 1. The number of methoxy groups -OCH3 is 1. The average Bonchev–Trinajstić information content (AvgIpc) is 3.30. The molecule has 0 saturated carbocycles. The molecule has 2 aromatic carbocycles. The molecule has 1 fully saturated rings. The van der Waals surface area contributed by atoms with Crippen molar-refractivity contribution in [3.63, 3.8) is 0 Å². The van der Waals surface area contributed by atoms with Crippen molar-refractivity contribution in [2.45, 2.75) is 24.2 Å². The maximum atomic E-state index is 13.2. The Morgan fingerprint density at radius 3 is 2.60 bits per heavy atom. The predicted octanol–water partition coefficient (Wildman–Crippen LogP) is 6.66. The maximum absolute atomic E-state index is 13.2. The highest BCUT2D eigenvalue weighted by Crippen LogP contribution is 2.40. The van der Waals surface area contributed by atoms with Crippen molar-refractivity contribution in [3.05, 3.63) is 60.1 Å². The summed E-state index contributed by atoms with van der Waals surface area (Å²) in [6.45, 7) is 5.32. The first-order valence-corrected chi connectivity index (χ1v) is 13.8. The second-order valence-electron chi connectivity index (χ2n) is 7.85. The molecule has 0 bridgehead atoms. The summed E-state index contributed by atoms with van der Waals surface area (Å²) in [7, 11) is -2.11. The number of thiazole rings is 1. The fourth-order valence-corrected chi connectivity index (χ4v) is 6.15. The molecule has 1 aliphatic rings. The molecule has 0 unspecified atom stereocenters. The van der Waals surface area contributed by atoms with Crippen molar-refractivity contribution in [1.82, 2.24) is 9.29 Å². The summed E-state index contributed by atoms with van der Waals surface area (Å²) in [5.74, 6) is 0.425. The molecule has 1 saturated heterocycles. The standard InChI is InChI=1S/C24H26ClN5O3S2/c1-3-13-26-24-27-22(17-7-9-18(25)10-8-17)23(34-24)29-28-20-16-19(11-12-21(20)33-2)35(31,32)30-14-5-4-6-15-30/h3,7-12,16H,1,4-6,13-15H2,2H3,(H,26,27). The van der Waals surface area contributed by atoms with Crippen LogP contribution in [0.3, 0.4) is 0 Å². The quantitative estimate of drug-likeness (QED) is 0.246. The van der Waals surface area contributed by atoms with Gasteiger partial charge in [0.1, 0.15) is 17.1 Å². The zero-order valence-electron chi connectivity index (χ0n) is 19.3. The van der Waals surface area contributed by atoms with E-state index >= 15 is 0 Å². The second kappa shape index (κ2) is 11.3. The van der Waals surface area contributed by atoms with Crippen molar-refractivity contribution in [2.24, 2.45) is 10.2 Å². The highest BCUT2D eigenvalue weighted by molar-refractivity contribution is 7.89. The zero-order valence-corrected chi connectivity index (χ0v) is 21.7. The van der Waals surface area contributed by atoms with Gasteiger partial charge in [-0.2, -0.15) is 4.31 Å². The highest BCUT2D eigenvalue weighted by atomic mass is 35.5. The van der Waals surface area contributed by atoms with Gasteiger partial charge in [0.2, 0.25) is 10.0 Å². The normalized spacial score (nSPS) is 14.8. The summed E-state index contributed by atoms with van der Waals surface area (Å²) in [6.07, 6.45) is 4.51. The van der Waals surface area contributed by atoms with Crippen molar-refractivity contribution in [2.75, 3.05) is 32.1 Å². The predicted molar refractivity (Wildman–Crippen MR) is 141 cm³/mol. The van der Waals surface area contributed by atoms with Gasteiger partial charge < -0.3 is 10.1 Å². The van der Waals surface area contributed by atoms with Crippen LogP contribution in [0, 0.1) is 0 Å². The van der Waals surface area contributed by atoms with Gasteiger partial charge in [0, 0.05) is 30.2 Å². The summed E-state index contributed by atoms with van der Waals surface area (Å²) in [6, 6.07) is 11.9. The first-order valence-electron chi connectivity index (χ1n) is 11.1. The first kappa shape index (κ1) is 25.3. The molecule has 1 aromatic heterocycles. The third kappa shape index (κ3) is 5.90. The van der Waals surface area contributed by atoms with Crippen LogP contribution in [0.15, 0.2) is 70.2 Å². The Kier molecular flexibility index (Phi) is 8.17. The van der Waals surface area contributed by atoms with Crippen molar-refractivity contribution < 1.29 is 13.2 Å². The lowest BCUT2D eigenvalue weighted by Crippen LogP contribution is -2.35. The van der Waals surface area contributed by atoms with Gasteiger partial charge >= 0.3 is 0 Å². The van der Waals surface area contributed by atoms with E-state index in [-0.39, 0.29) is 4.90 Å². The summed E-state index contributed by atoms with van der Waals surface area (Å²) in [4.78, 5) is 4.82. The molecule has 4 rings (SSSR count). The van der Waals surface area contributed by atoms with Gasteiger partial charge in [0.25, 0.3) is 0 Å². The van der Waals surface area contributed by atoms with Crippen LogP contribution < -0.4 is 10.1 Å². The number of hydrogen-bond acceptors (Lipinski definition) is 8. The molecule has 0 amide bonds. The van der Waals surface area contributed by atoms with E-state index in [1.807, 2.05) is 12.1 Å². The van der Waals surface area contributed by atoms with Crippen LogP contribution in [-0.4, -0.2) is 44.5 Å². The smallest absolute Gasteiger partial charge is 0.243 e. The molecular weight excluding hydrogens is 506 g/mol. The fourth-order valence-electron chi connectivity index (χ4n) is 3.67. The molecule has 0 spiro atoms. The van der Waals surface area contributed by atoms with E-state index in [1.165, 1.54) is 28.8 Å². The number of piperidine rings is 1. The summed E-state index contributed by atoms with van der Waals surface area (Å²) in [5.41, 5.74) is 1.79. The molecule has 0 aliphatic carbocycles. The van der Waals surface area contributed by atoms with Gasteiger partial charge in [-0.15, -0.1) is 16.8 Å². The van der Waals surface area contributed by atoms with Gasteiger partial charge in [-0.1, -0.05) is 47.6 Å². The number of rotatable bonds is 9. The largest absolute Gasteiger partial charge is 0.494 e. The Hall–Kier alpha value is -2.79. The van der Waals surface area contributed by atoms with Gasteiger partial charge in [-0.05, 0) is 43.2 Å². The van der Waals surface area contributed by atoms with Gasteiger partial charge in [-0.3, -0.25) is 0 Å². The van der Waals surface area contributed by atoms with Crippen molar-refractivity contribution in [3.8, 4) is 17.0 Å². The lowest BCUT2D eigenvalue weighted by Gasteiger charge is -2.26. The Morgan fingerprint density at radius 1 is 1.17 bits per heavy atom. The molecule has 1 aliphatic heterocycles. The Bertz CT molecular complexity index is 1320. The monoisotopic (exact) mass is 531 g/mol. The minimum Gasteiger partial charge on any atom is -0.494 e. The van der Waals surface area contributed by atoms with Crippen LogP contribution in [-0.2, 0) is 10.0 Å². The van der Waals surface area contributed by atoms with Gasteiger partial charge in [-0.25, -0.2) is 13.4 Å². The molecule has 2 heterocycles. The first-order chi connectivity index (χ1) is 16.9. The SMILES string of the molecule is C=CCNc1nc(-c2ccc(Cl)cc2)c(N=Nc2cc(S(=O)(=O)N3CCCCC3)ccc2OC)s1. The fraction of sp³-hybridized carbons (Fsp3) is 0.292. The number of nitrogens with zero attached hydrogens (tertiary/aromatic N) is 4. The molecule has 184 valence electrons. The molecule has 1 N–H and O–H groups in total. The van der Waals surface area contributed by atoms with E-state index in [9.17, 15) is 8.42 Å². The number of halogens is 1. The second-order valence-corrected chi connectivity index (χ2v) is 11.2. The molecule has 35 heavy (non-hydrogen) atoms. The Balaban J connectivity index is 1.70. The summed E-state index contributed by atoms with van der Waals surface area (Å²) in [5, 5.41) is 13.8. The van der Waals surface area contributed by atoms with E-state index in [1.54, 1.807) is 30.3 Å². The molecule has 8 nitrogen and oxygen atoms in total. The molecule has 11 heteroatoms. The average molecular weight is 532 g/mol. The number of anilines is 1. The third-order valence-electron chi connectivity index (χ3n) is 5.48.